The fourth-order valence-electron chi connectivity index (χ4n) is 2.79. The topological polar surface area (TPSA) is 79.8 Å². The van der Waals surface area contributed by atoms with Crippen molar-refractivity contribution in [2.24, 2.45) is 4.99 Å². The summed E-state index contributed by atoms with van der Waals surface area (Å²) in [4.78, 5) is 4.87. The molecule has 0 aliphatic rings. The van der Waals surface area contributed by atoms with Gasteiger partial charge >= 0.3 is 0 Å². The maximum Gasteiger partial charge on any atom is 0.191 e. The Bertz CT molecular complexity index is 961. The molecule has 0 aliphatic carbocycles. The van der Waals surface area contributed by atoms with E-state index in [0.29, 0.717) is 41.8 Å². The van der Waals surface area contributed by atoms with Crippen LogP contribution in [-0.2, 0) is 16.4 Å². The molecular formula is C21H28FN3O3S. The molecule has 1 unspecified atom stereocenters. The van der Waals surface area contributed by atoms with Gasteiger partial charge < -0.3 is 15.4 Å². The minimum absolute atomic E-state index is 0.197. The number of aliphatic imine (C=N–C) groups is 1. The Labute approximate surface area is 172 Å². The van der Waals surface area contributed by atoms with E-state index in [0.717, 1.165) is 5.56 Å². The van der Waals surface area contributed by atoms with Gasteiger partial charge in [0.2, 0.25) is 0 Å². The molecular weight excluding hydrogens is 393 g/mol. The van der Waals surface area contributed by atoms with Gasteiger partial charge in [0.05, 0.1) is 18.0 Å². The molecule has 8 heteroatoms. The SMILES string of the molecule is CCNC(=NCc1ccc(S(C)(=O)=O)c(C)c1)NCC(C)Oc1cccc(F)c1. The van der Waals surface area contributed by atoms with E-state index in [-0.39, 0.29) is 11.9 Å². The lowest BCUT2D eigenvalue weighted by molar-refractivity contribution is 0.223. The molecule has 2 rings (SSSR count). The Morgan fingerprint density at radius 3 is 2.59 bits per heavy atom. The maximum absolute atomic E-state index is 13.3. The van der Waals surface area contributed by atoms with Crippen molar-refractivity contribution in [3.05, 3.63) is 59.4 Å². The van der Waals surface area contributed by atoms with Crippen LogP contribution in [0, 0.1) is 12.7 Å². The van der Waals surface area contributed by atoms with Crippen molar-refractivity contribution in [3.63, 3.8) is 0 Å². The molecule has 0 radical (unpaired) electrons. The van der Waals surface area contributed by atoms with Crippen LogP contribution in [0.15, 0.2) is 52.4 Å². The molecule has 2 aromatic rings. The van der Waals surface area contributed by atoms with Crippen LogP contribution in [0.3, 0.4) is 0 Å². The summed E-state index contributed by atoms with van der Waals surface area (Å²) >= 11 is 0. The highest BCUT2D eigenvalue weighted by Crippen LogP contribution is 2.17. The summed E-state index contributed by atoms with van der Waals surface area (Å²) in [7, 11) is -3.23. The second kappa shape index (κ2) is 10.2. The third kappa shape index (κ3) is 7.38. The predicted molar refractivity (Wildman–Crippen MR) is 114 cm³/mol. The highest BCUT2D eigenvalue weighted by atomic mass is 32.2. The zero-order valence-corrected chi connectivity index (χ0v) is 18.0. The number of aryl methyl sites for hydroxylation is 1. The van der Waals surface area contributed by atoms with Crippen LogP contribution in [-0.4, -0.2) is 39.8 Å². The molecule has 0 aliphatic heterocycles. The third-order valence-corrected chi connectivity index (χ3v) is 5.35. The average molecular weight is 422 g/mol. The van der Waals surface area contributed by atoms with E-state index in [1.165, 1.54) is 18.4 Å². The number of benzene rings is 2. The molecule has 6 nitrogen and oxygen atoms in total. The number of nitrogens with zero attached hydrogens (tertiary/aromatic N) is 1. The Morgan fingerprint density at radius 2 is 1.97 bits per heavy atom. The highest BCUT2D eigenvalue weighted by Gasteiger charge is 2.11. The van der Waals surface area contributed by atoms with Gasteiger partial charge in [0.1, 0.15) is 17.7 Å². The zero-order valence-electron chi connectivity index (χ0n) is 17.2. The van der Waals surface area contributed by atoms with Crippen molar-refractivity contribution in [2.45, 2.75) is 38.3 Å². The van der Waals surface area contributed by atoms with Crippen molar-refractivity contribution in [2.75, 3.05) is 19.3 Å². The van der Waals surface area contributed by atoms with Crippen LogP contribution in [0.25, 0.3) is 0 Å². The number of rotatable bonds is 8. The average Bonchev–Trinajstić information content (AvgIpc) is 2.63. The highest BCUT2D eigenvalue weighted by molar-refractivity contribution is 7.90. The first-order valence-corrected chi connectivity index (χ1v) is 11.3. The number of guanidine groups is 1. The second-order valence-corrected chi connectivity index (χ2v) is 8.82. The number of hydrogen-bond acceptors (Lipinski definition) is 4. The summed E-state index contributed by atoms with van der Waals surface area (Å²) in [6.45, 7) is 7.20. The first kappa shape index (κ1) is 22.7. The van der Waals surface area contributed by atoms with Crippen LogP contribution in [0.5, 0.6) is 5.75 Å². The molecule has 0 amide bonds. The Balaban J connectivity index is 1.98. The molecule has 1 atom stereocenters. The van der Waals surface area contributed by atoms with E-state index in [4.69, 9.17) is 4.74 Å². The van der Waals surface area contributed by atoms with Gasteiger partial charge in [-0.25, -0.2) is 17.8 Å². The molecule has 0 saturated heterocycles. The van der Waals surface area contributed by atoms with E-state index in [9.17, 15) is 12.8 Å². The van der Waals surface area contributed by atoms with Crippen molar-refractivity contribution >= 4 is 15.8 Å². The van der Waals surface area contributed by atoms with Gasteiger partial charge in [0, 0.05) is 18.9 Å². The Morgan fingerprint density at radius 1 is 1.21 bits per heavy atom. The lowest BCUT2D eigenvalue weighted by Gasteiger charge is -2.17. The van der Waals surface area contributed by atoms with Crippen LogP contribution in [0.1, 0.15) is 25.0 Å². The van der Waals surface area contributed by atoms with Gasteiger partial charge in [-0.05, 0) is 50.1 Å². The molecule has 0 aromatic heterocycles. The number of hydrogen-bond donors (Lipinski definition) is 2. The standard InChI is InChI=1S/C21H28FN3O3S/c1-5-23-21(24-13-16(3)28-19-8-6-7-18(22)12-19)25-14-17-9-10-20(15(2)11-17)29(4,26)27/h6-12,16H,5,13-14H2,1-4H3,(H2,23,24,25). The molecule has 158 valence electrons. The summed E-state index contributed by atoms with van der Waals surface area (Å²) in [5, 5.41) is 6.36. The fourth-order valence-corrected chi connectivity index (χ4v) is 3.75. The maximum atomic E-state index is 13.3. The minimum atomic E-state index is -3.23. The predicted octanol–water partition coefficient (Wildman–Crippen LogP) is 3.06. The third-order valence-electron chi connectivity index (χ3n) is 4.09. The lowest BCUT2D eigenvalue weighted by atomic mass is 10.1. The van der Waals surface area contributed by atoms with Gasteiger partial charge in [-0.2, -0.15) is 0 Å². The molecule has 0 saturated carbocycles. The van der Waals surface area contributed by atoms with E-state index >= 15 is 0 Å². The first-order valence-electron chi connectivity index (χ1n) is 9.43. The smallest absolute Gasteiger partial charge is 0.191 e. The van der Waals surface area contributed by atoms with Gasteiger partial charge in [0.15, 0.2) is 15.8 Å². The molecule has 2 aromatic carbocycles. The van der Waals surface area contributed by atoms with Crippen LogP contribution < -0.4 is 15.4 Å². The largest absolute Gasteiger partial charge is 0.489 e. The normalized spacial score (nSPS) is 13.1. The van der Waals surface area contributed by atoms with Crippen molar-refractivity contribution < 1.29 is 17.5 Å². The summed E-state index contributed by atoms with van der Waals surface area (Å²) in [6, 6.07) is 11.2. The van der Waals surface area contributed by atoms with Gasteiger partial charge in [-0.1, -0.05) is 18.2 Å². The minimum Gasteiger partial charge on any atom is -0.489 e. The molecule has 0 fully saturated rings. The van der Waals surface area contributed by atoms with E-state index in [1.54, 1.807) is 31.2 Å². The zero-order chi connectivity index (χ0) is 21.4. The number of halogens is 1. The van der Waals surface area contributed by atoms with Crippen LogP contribution in [0.2, 0.25) is 0 Å². The van der Waals surface area contributed by atoms with E-state index in [2.05, 4.69) is 15.6 Å². The summed E-state index contributed by atoms with van der Waals surface area (Å²) in [5.74, 6) is 0.754. The Hall–Kier alpha value is -2.61. The first-order chi connectivity index (χ1) is 13.7. The van der Waals surface area contributed by atoms with E-state index < -0.39 is 9.84 Å². The summed E-state index contributed by atoms with van der Waals surface area (Å²) in [5.41, 5.74) is 1.62. The van der Waals surface area contributed by atoms with Gasteiger partial charge in [-0.15, -0.1) is 0 Å². The van der Waals surface area contributed by atoms with Crippen molar-refractivity contribution in [1.82, 2.24) is 10.6 Å². The molecule has 0 bridgehead atoms. The monoisotopic (exact) mass is 421 g/mol. The molecule has 0 heterocycles. The summed E-state index contributed by atoms with van der Waals surface area (Å²) < 4.78 is 42.4. The summed E-state index contributed by atoms with van der Waals surface area (Å²) in [6.07, 6.45) is 1.00. The Kier molecular flexibility index (Phi) is 8.01. The fraction of sp³-hybridized carbons (Fsp3) is 0.381. The molecule has 2 N–H and O–H groups in total. The lowest BCUT2D eigenvalue weighted by Crippen LogP contribution is -2.41. The van der Waals surface area contributed by atoms with E-state index in [1.807, 2.05) is 19.9 Å². The number of nitrogens with one attached hydrogen (secondary N) is 2. The second-order valence-electron chi connectivity index (χ2n) is 6.83. The number of sulfone groups is 1. The van der Waals surface area contributed by atoms with Crippen molar-refractivity contribution in [3.8, 4) is 5.75 Å². The number of ether oxygens (including phenoxy) is 1. The molecule has 0 spiro atoms. The van der Waals surface area contributed by atoms with Crippen molar-refractivity contribution in [1.29, 1.82) is 0 Å². The molecule has 29 heavy (non-hydrogen) atoms. The van der Waals surface area contributed by atoms with Gasteiger partial charge in [0.25, 0.3) is 0 Å². The quantitative estimate of drug-likeness (QED) is 0.506. The van der Waals surface area contributed by atoms with Gasteiger partial charge in [-0.3, -0.25) is 0 Å². The van der Waals surface area contributed by atoms with Crippen LogP contribution >= 0.6 is 0 Å². The van der Waals surface area contributed by atoms with Crippen LogP contribution in [0.4, 0.5) is 4.39 Å².